The second-order valence-electron chi connectivity index (χ2n) is 3.56. The Morgan fingerprint density at radius 2 is 2.00 bits per heavy atom. The summed E-state index contributed by atoms with van der Waals surface area (Å²) in [5.41, 5.74) is 6.91. The molecule has 0 spiro atoms. The molecule has 0 unspecified atom stereocenters. The molecule has 2 N–H and O–H groups in total. The number of furan rings is 1. The molecule has 17 heavy (non-hydrogen) atoms. The predicted octanol–water partition coefficient (Wildman–Crippen LogP) is 3.13. The lowest BCUT2D eigenvalue weighted by Gasteiger charge is -1.97. The Hall–Kier alpha value is -2.07. The Balaban J connectivity index is 2.26. The lowest BCUT2D eigenvalue weighted by molar-refractivity contribution is 0.629. The van der Waals surface area contributed by atoms with Gasteiger partial charge < -0.3 is 10.2 Å². The fourth-order valence-corrected chi connectivity index (χ4v) is 1.90. The monoisotopic (exact) mass is 245 g/mol. The van der Waals surface area contributed by atoms with E-state index in [2.05, 4.69) is 9.97 Å². The van der Waals surface area contributed by atoms with Crippen LogP contribution in [-0.2, 0) is 0 Å². The average molecular weight is 246 g/mol. The molecule has 1 aromatic carbocycles. The van der Waals surface area contributed by atoms with Crippen LogP contribution in [0.3, 0.4) is 0 Å². The molecule has 2 aromatic heterocycles. The van der Waals surface area contributed by atoms with Crippen LogP contribution in [0.2, 0.25) is 5.02 Å². The summed E-state index contributed by atoms with van der Waals surface area (Å²) in [4.78, 5) is 8.12. The highest BCUT2D eigenvalue weighted by Crippen LogP contribution is 2.32. The molecule has 0 aliphatic carbocycles. The molecule has 0 atom stereocenters. The van der Waals surface area contributed by atoms with E-state index >= 15 is 0 Å². The van der Waals surface area contributed by atoms with E-state index in [1.807, 2.05) is 18.2 Å². The minimum atomic E-state index is 0.336. The number of rotatable bonds is 1. The van der Waals surface area contributed by atoms with Crippen LogP contribution in [-0.4, -0.2) is 9.97 Å². The first-order chi connectivity index (χ1) is 8.25. The van der Waals surface area contributed by atoms with Crippen molar-refractivity contribution in [3.05, 3.63) is 41.7 Å². The van der Waals surface area contributed by atoms with Gasteiger partial charge >= 0.3 is 0 Å². The van der Waals surface area contributed by atoms with Gasteiger partial charge in [0.2, 0.25) is 0 Å². The molecule has 2 heterocycles. The number of nitrogens with zero attached hydrogens (tertiary/aromatic N) is 2. The van der Waals surface area contributed by atoms with Crippen LogP contribution in [0.15, 0.2) is 41.1 Å². The van der Waals surface area contributed by atoms with Crippen LogP contribution in [0.25, 0.3) is 22.4 Å². The van der Waals surface area contributed by atoms with Crippen molar-refractivity contribution < 1.29 is 4.42 Å². The second-order valence-corrected chi connectivity index (χ2v) is 3.97. The highest BCUT2D eigenvalue weighted by molar-refractivity contribution is 6.34. The first-order valence-corrected chi connectivity index (χ1v) is 5.38. The summed E-state index contributed by atoms with van der Waals surface area (Å²) in [6.07, 6.45) is 3.11. The molecule has 0 aliphatic rings. The van der Waals surface area contributed by atoms with Crippen LogP contribution in [0, 0.1) is 0 Å². The van der Waals surface area contributed by atoms with Crippen molar-refractivity contribution in [2.45, 2.75) is 0 Å². The predicted molar refractivity (Wildman–Crippen MR) is 66.7 cm³/mol. The van der Waals surface area contributed by atoms with Crippen LogP contribution in [0.1, 0.15) is 0 Å². The molecule has 3 aromatic rings. The summed E-state index contributed by atoms with van der Waals surface area (Å²) in [5, 5.41) is 1.48. The minimum absolute atomic E-state index is 0.336. The SMILES string of the molecule is Nc1nccnc1-c1cc2cccc(Cl)c2o1. The Kier molecular flexibility index (Phi) is 2.23. The fourth-order valence-electron chi connectivity index (χ4n) is 1.68. The zero-order chi connectivity index (χ0) is 11.8. The van der Waals surface area contributed by atoms with Gasteiger partial charge in [-0.3, -0.25) is 0 Å². The molecule has 0 aliphatic heterocycles. The van der Waals surface area contributed by atoms with Gasteiger partial charge in [0.15, 0.2) is 17.2 Å². The molecule has 5 heteroatoms. The standard InChI is InChI=1S/C12H8ClN3O/c13-8-3-1-2-7-6-9(17-11(7)8)10-12(14)16-5-4-15-10/h1-6H,(H2,14,16). The average Bonchev–Trinajstić information content (AvgIpc) is 2.75. The molecule has 3 rings (SSSR count). The third-order valence-electron chi connectivity index (χ3n) is 2.46. The molecule has 84 valence electrons. The summed E-state index contributed by atoms with van der Waals surface area (Å²) in [5.74, 6) is 0.904. The Labute approximate surface area is 102 Å². The van der Waals surface area contributed by atoms with Crippen LogP contribution in [0.4, 0.5) is 5.82 Å². The highest BCUT2D eigenvalue weighted by atomic mass is 35.5. The van der Waals surface area contributed by atoms with E-state index in [4.69, 9.17) is 21.8 Å². The first kappa shape index (κ1) is 10.1. The fraction of sp³-hybridized carbons (Fsp3) is 0. The van der Waals surface area contributed by atoms with Gasteiger partial charge in [-0.2, -0.15) is 0 Å². The molecule has 4 nitrogen and oxygen atoms in total. The van der Waals surface area contributed by atoms with Gasteiger partial charge in [0, 0.05) is 17.8 Å². The number of nitrogens with two attached hydrogens (primary N) is 1. The van der Waals surface area contributed by atoms with Crippen LogP contribution >= 0.6 is 11.6 Å². The second kappa shape index (κ2) is 3.75. The molecular formula is C12H8ClN3O. The van der Waals surface area contributed by atoms with Gasteiger partial charge in [0.1, 0.15) is 5.69 Å². The Morgan fingerprint density at radius 1 is 1.18 bits per heavy atom. The zero-order valence-corrected chi connectivity index (χ0v) is 9.48. The Morgan fingerprint density at radius 3 is 2.76 bits per heavy atom. The van der Waals surface area contributed by atoms with Gasteiger partial charge in [-0.1, -0.05) is 23.7 Å². The number of hydrogen-bond acceptors (Lipinski definition) is 4. The van der Waals surface area contributed by atoms with E-state index in [1.54, 1.807) is 12.3 Å². The quantitative estimate of drug-likeness (QED) is 0.715. The van der Waals surface area contributed by atoms with Crippen LogP contribution < -0.4 is 5.73 Å². The van der Waals surface area contributed by atoms with Gasteiger partial charge in [-0.25, -0.2) is 9.97 Å². The largest absolute Gasteiger partial charge is 0.453 e. The highest BCUT2D eigenvalue weighted by Gasteiger charge is 2.12. The lowest BCUT2D eigenvalue weighted by Crippen LogP contribution is -1.94. The summed E-state index contributed by atoms with van der Waals surface area (Å²) in [7, 11) is 0. The van der Waals surface area contributed by atoms with Crippen LogP contribution in [0.5, 0.6) is 0 Å². The van der Waals surface area contributed by atoms with E-state index in [-0.39, 0.29) is 0 Å². The maximum atomic E-state index is 6.04. The van der Waals surface area contributed by atoms with Gasteiger partial charge in [-0.15, -0.1) is 0 Å². The smallest absolute Gasteiger partial charge is 0.157 e. The maximum absolute atomic E-state index is 6.04. The summed E-state index contributed by atoms with van der Waals surface area (Å²) in [6, 6.07) is 7.41. The van der Waals surface area contributed by atoms with Gasteiger partial charge in [0.05, 0.1) is 5.02 Å². The van der Waals surface area contributed by atoms with Crippen molar-refractivity contribution in [1.82, 2.24) is 9.97 Å². The van der Waals surface area contributed by atoms with Crippen molar-refractivity contribution >= 4 is 28.4 Å². The topological polar surface area (TPSA) is 64.9 Å². The number of benzene rings is 1. The van der Waals surface area contributed by atoms with Crippen molar-refractivity contribution in [3.63, 3.8) is 0 Å². The summed E-state index contributed by atoms with van der Waals surface area (Å²) < 4.78 is 5.65. The molecule has 0 bridgehead atoms. The maximum Gasteiger partial charge on any atom is 0.157 e. The number of aromatic nitrogens is 2. The number of fused-ring (bicyclic) bond motifs is 1. The van der Waals surface area contributed by atoms with Crippen molar-refractivity contribution in [2.24, 2.45) is 0 Å². The number of para-hydroxylation sites is 1. The first-order valence-electron chi connectivity index (χ1n) is 5.00. The van der Waals surface area contributed by atoms with Crippen molar-refractivity contribution in [3.8, 4) is 11.5 Å². The Bertz CT molecular complexity index is 693. The number of anilines is 1. The normalized spacial score (nSPS) is 10.9. The molecular weight excluding hydrogens is 238 g/mol. The third-order valence-corrected chi connectivity index (χ3v) is 2.75. The van der Waals surface area contributed by atoms with Crippen molar-refractivity contribution in [2.75, 3.05) is 5.73 Å². The number of nitrogen functional groups attached to an aromatic ring is 1. The lowest BCUT2D eigenvalue weighted by atomic mass is 10.2. The zero-order valence-electron chi connectivity index (χ0n) is 8.72. The molecule has 0 radical (unpaired) electrons. The number of halogens is 1. The third kappa shape index (κ3) is 1.62. The van der Waals surface area contributed by atoms with Gasteiger partial charge in [0.25, 0.3) is 0 Å². The van der Waals surface area contributed by atoms with E-state index in [1.165, 1.54) is 6.20 Å². The van der Waals surface area contributed by atoms with E-state index in [9.17, 15) is 0 Å². The summed E-state index contributed by atoms with van der Waals surface area (Å²) >= 11 is 6.04. The minimum Gasteiger partial charge on any atom is -0.453 e. The molecule has 0 saturated carbocycles. The number of hydrogen-bond donors (Lipinski definition) is 1. The van der Waals surface area contributed by atoms with E-state index in [0.717, 1.165) is 5.39 Å². The van der Waals surface area contributed by atoms with Crippen molar-refractivity contribution in [1.29, 1.82) is 0 Å². The molecule has 0 saturated heterocycles. The van der Waals surface area contributed by atoms with Gasteiger partial charge in [-0.05, 0) is 12.1 Å². The van der Waals surface area contributed by atoms with E-state index < -0.39 is 0 Å². The molecule has 0 fully saturated rings. The molecule has 0 amide bonds. The van der Waals surface area contributed by atoms with E-state index in [0.29, 0.717) is 27.9 Å². The summed E-state index contributed by atoms with van der Waals surface area (Å²) in [6.45, 7) is 0.